The van der Waals surface area contributed by atoms with Crippen molar-refractivity contribution in [3.63, 3.8) is 0 Å². The highest BCUT2D eigenvalue weighted by Gasteiger charge is 2.12. The molecule has 0 spiro atoms. The topological polar surface area (TPSA) is 20.3 Å². The maximum atomic E-state index is 11.1. The molecule has 0 fully saturated rings. The van der Waals surface area contributed by atoms with E-state index in [4.69, 9.17) is 0 Å². The van der Waals surface area contributed by atoms with Crippen molar-refractivity contribution in [1.29, 1.82) is 0 Å². The summed E-state index contributed by atoms with van der Waals surface area (Å²) in [5, 5.41) is 0. The van der Waals surface area contributed by atoms with Crippen LogP contribution in [0.5, 0.6) is 0 Å². The van der Waals surface area contributed by atoms with E-state index in [1.165, 1.54) is 3.57 Å². The predicted molar refractivity (Wildman–Crippen MR) is 79.1 cm³/mol. The molecule has 0 aliphatic rings. The highest BCUT2D eigenvalue weighted by atomic mass is 127. The lowest BCUT2D eigenvalue weighted by Crippen LogP contribution is -2.16. The highest BCUT2D eigenvalue weighted by molar-refractivity contribution is 14.1. The number of hydrogen-bond acceptors (Lipinski definition) is 1. The van der Waals surface area contributed by atoms with Crippen LogP contribution in [-0.4, -0.2) is 5.91 Å². The Morgan fingerprint density at radius 1 is 1.38 bits per heavy atom. The molecule has 0 aliphatic heterocycles. The summed E-state index contributed by atoms with van der Waals surface area (Å²) in [6, 6.07) is 5.92. The average molecular weight is 513 g/mol. The summed E-state index contributed by atoms with van der Waals surface area (Å²) in [7, 11) is 0. The summed E-state index contributed by atoms with van der Waals surface area (Å²) in [5.74, 6) is 0.0421. The van der Waals surface area contributed by atoms with Crippen molar-refractivity contribution < 1.29 is 4.79 Å². The highest BCUT2D eigenvalue weighted by Crippen LogP contribution is 2.28. The van der Waals surface area contributed by atoms with Gasteiger partial charge < -0.3 is 0 Å². The van der Waals surface area contributed by atoms with E-state index in [2.05, 4.69) is 45.2 Å². The first-order valence-electron chi connectivity index (χ1n) is 3.44. The Morgan fingerprint density at radius 3 is 2.54 bits per heavy atom. The van der Waals surface area contributed by atoms with Gasteiger partial charge in [0.15, 0.2) is 0 Å². The van der Waals surface area contributed by atoms with Gasteiger partial charge in [-0.25, -0.2) is 0 Å². The number of hydrogen-bond donors (Lipinski definition) is 0. The third-order valence-corrected chi connectivity index (χ3v) is 5.68. The second-order valence-electron chi connectivity index (χ2n) is 2.37. The van der Waals surface area contributed by atoms with Gasteiger partial charge in [-0.15, -0.1) is 0 Å². The Morgan fingerprint density at radius 2 is 2.00 bits per heavy atom. The van der Waals surface area contributed by atoms with Crippen LogP contribution in [0, 0.1) is 7.14 Å². The first-order valence-corrected chi connectivity index (χ1v) is 6.56. The molecule has 0 saturated carbocycles. The van der Waals surface area contributed by atoms with Crippen LogP contribution < -0.4 is 3.11 Å². The van der Waals surface area contributed by atoms with Gasteiger partial charge >= 0.3 is 0 Å². The number of nitrogens with zero attached hydrogens (tertiary/aromatic N) is 1. The zero-order valence-corrected chi connectivity index (χ0v) is 13.2. The molecule has 13 heavy (non-hydrogen) atoms. The van der Waals surface area contributed by atoms with E-state index in [0.717, 1.165) is 9.26 Å². The Hall–Kier alpha value is 0.880. The van der Waals surface area contributed by atoms with E-state index < -0.39 is 0 Å². The number of carbonyl (C=O) groups is 1. The van der Waals surface area contributed by atoms with Crippen LogP contribution in [0.15, 0.2) is 18.2 Å². The molecule has 1 amide bonds. The van der Waals surface area contributed by atoms with Crippen LogP contribution in [0.1, 0.15) is 6.92 Å². The molecule has 1 rings (SSSR count). The minimum Gasteiger partial charge on any atom is -0.274 e. The predicted octanol–water partition coefficient (Wildman–Crippen LogP) is 3.60. The quantitative estimate of drug-likeness (QED) is 0.416. The molecule has 0 heterocycles. The van der Waals surface area contributed by atoms with Crippen LogP contribution in [-0.2, 0) is 4.79 Å². The Bertz CT molecular complexity index is 340. The van der Waals surface area contributed by atoms with Crippen molar-refractivity contribution >= 4 is 79.6 Å². The summed E-state index contributed by atoms with van der Waals surface area (Å²) in [5.41, 5.74) is 0.959. The zero-order chi connectivity index (χ0) is 10.0. The molecular formula is C8H6I3NO. The minimum atomic E-state index is 0.0421. The van der Waals surface area contributed by atoms with Gasteiger partial charge in [0, 0.05) is 10.5 Å². The molecule has 0 unspecified atom stereocenters. The number of amides is 1. The van der Waals surface area contributed by atoms with E-state index in [1.54, 1.807) is 10.0 Å². The molecule has 0 bridgehead atoms. The molecular weight excluding hydrogens is 507 g/mol. The van der Waals surface area contributed by atoms with Crippen molar-refractivity contribution in [2.24, 2.45) is 0 Å². The van der Waals surface area contributed by atoms with E-state index in [1.807, 2.05) is 41.1 Å². The third-order valence-electron chi connectivity index (χ3n) is 1.42. The van der Waals surface area contributed by atoms with Crippen LogP contribution in [0.4, 0.5) is 5.69 Å². The molecule has 0 radical (unpaired) electrons. The molecule has 0 saturated heterocycles. The largest absolute Gasteiger partial charge is 0.274 e. The van der Waals surface area contributed by atoms with Gasteiger partial charge in [-0.3, -0.25) is 7.91 Å². The van der Waals surface area contributed by atoms with Crippen molar-refractivity contribution in [2.75, 3.05) is 3.11 Å². The number of carbonyl (C=O) groups excluding carboxylic acids is 1. The van der Waals surface area contributed by atoms with Gasteiger partial charge in [0.2, 0.25) is 5.91 Å². The molecule has 1 aromatic carbocycles. The van der Waals surface area contributed by atoms with Crippen molar-refractivity contribution in [1.82, 2.24) is 0 Å². The number of halogens is 3. The van der Waals surface area contributed by atoms with E-state index >= 15 is 0 Å². The van der Waals surface area contributed by atoms with E-state index in [0.29, 0.717) is 0 Å². The molecule has 0 atom stereocenters. The third kappa shape index (κ3) is 2.91. The van der Waals surface area contributed by atoms with Gasteiger partial charge in [-0.1, -0.05) is 6.07 Å². The summed E-state index contributed by atoms with van der Waals surface area (Å²) in [6.07, 6.45) is 0. The second kappa shape index (κ2) is 5.10. The van der Waals surface area contributed by atoms with Gasteiger partial charge in [-0.05, 0) is 57.3 Å². The molecule has 0 aromatic heterocycles. The Labute approximate surface area is 118 Å². The fourth-order valence-corrected chi connectivity index (χ4v) is 2.76. The second-order valence-corrected chi connectivity index (χ2v) is 5.58. The average Bonchev–Trinajstić information content (AvgIpc) is 2.08. The summed E-state index contributed by atoms with van der Waals surface area (Å²) < 4.78 is 3.91. The standard InChI is InChI=1S/C8H6I3NO/c1-5(13)12(11)7-4-2-3-6(9)8(7)10/h2-4H,1H3. The van der Waals surface area contributed by atoms with E-state index in [9.17, 15) is 4.79 Å². The first kappa shape index (κ1) is 12.0. The van der Waals surface area contributed by atoms with Crippen LogP contribution in [0.25, 0.3) is 0 Å². The fourth-order valence-electron chi connectivity index (χ4n) is 0.814. The molecule has 0 aliphatic carbocycles. The van der Waals surface area contributed by atoms with Crippen LogP contribution >= 0.6 is 68.0 Å². The minimum absolute atomic E-state index is 0.0421. The molecule has 5 heteroatoms. The number of rotatable bonds is 1. The maximum Gasteiger partial charge on any atom is 0.232 e. The summed E-state index contributed by atoms with van der Waals surface area (Å²) in [4.78, 5) is 11.1. The Kier molecular flexibility index (Phi) is 4.69. The van der Waals surface area contributed by atoms with Gasteiger partial charge in [-0.2, -0.15) is 0 Å². The Balaban J connectivity index is 3.15. The summed E-state index contributed by atoms with van der Waals surface area (Å²) in [6.45, 7) is 1.56. The smallest absolute Gasteiger partial charge is 0.232 e. The lowest BCUT2D eigenvalue weighted by molar-refractivity contribution is -0.115. The molecule has 0 N–H and O–H groups in total. The normalized spacial score (nSPS) is 9.85. The van der Waals surface area contributed by atoms with E-state index in [-0.39, 0.29) is 5.91 Å². The van der Waals surface area contributed by atoms with Crippen molar-refractivity contribution in [2.45, 2.75) is 6.92 Å². The van der Waals surface area contributed by atoms with Crippen LogP contribution in [0.2, 0.25) is 0 Å². The molecule has 70 valence electrons. The summed E-state index contributed by atoms with van der Waals surface area (Å²) >= 11 is 6.52. The van der Waals surface area contributed by atoms with Gasteiger partial charge in [0.05, 0.1) is 32.1 Å². The lowest BCUT2D eigenvalue weighted by atomic mass is 10.3. The first-order chi connectivity index (χ1) is 6.04. The zero-order valence-electron chi connectivity index (χ0n) is 6.72. The SMILES string of the molecule is CC(=O)N(I)c1cccc(I)c1I. The number of benzene rings is 1. The van der Waals surface area contributed by atoms with Gasteiger partial charge in [0.1, 0.15) is 0 Å². The lowest BCUT2D eigenvalue weighted by Gasteiger charge is -2.14. The molecule has 1 aromatic rings. The fraction of sp³-hybridized carbons (Fsp3) is 0.125. The van der Waals surface area contributed by atoms with Crippen LogP contribution in [0.3, 0.4) is 0 Å². The maximum absolute atomic E-state index is 11.1. The monoisotopic (exact) mass is 513 g/mol. The number of anilines is 1. The van der Waals surface area contributed by atoms with Crippen molar-refractivity contribution in [3.05, 3.63) is 25.3 Å². The van der Waals surface area contributed by atoms with Gasteiger partial charge in [0.25, 0.3) is 0 Å². The molecule has 2 nitrogen and oxygen atoms in total. The van der Waals surface area contributed by atoms with Crippen molar-refractivity contribution in [3.8, 4) is 0 Å².